The van der Waals surface area contributed by atoms with E-state index >= 15 is 0 Å². The predicted molar refractivity (Wildman–Crippen MR) is 132 cm³/mol. The van der Waals surface area contributed by atoms with Gasteiger partial charge in [0.15, 0.2) is 11.5 Å². The number of rotatable bonds is 8. The summed E-state index contributed by atoms with van der Waals surface area (Å²) in [5, 5.41) is 0. The Balaban J connectivity index is 1.52. The van der Waals surface area contributed by atoms with Crippen LogP contribution in [0.5, 0.6) is 17.2 Å². The molecule has 1 saturated heterocycles. The van der Waals surface area contributed by atoms with Crippen LogP contribution in [0.25, 0.3) is 17.4 Å². The van der Waals surface area contributed by atoms with Crippen LogP contribution in [-0.2, 0) is 11.2 Å². The third-order valence-corrected chi connectivity index (χ3v) is 6.76. The first kappa shape index (κ1) is 23.1. The van der Waals surface area contributed by atoms with Gasteiger partial charge in [-0.25, -0.2) is 0 Å². The summed E-state index contributed by atoms with van der Waals surface area (Å²) in [5.41, 5.74) is 1.71. The van der Waals surface area contributed by atoms with E-state index in [9.17, 15) is 4.79 Å². The van der Waals surface area contributed by atoms with Crippen molar-refractivity contribution in [2.45, 2.75) is 11.1 Å². The van der Waals surface area contributed by atoms with Crippen molar-refractivity contribution < 1.29 is 23.4 Å². The van der Waals surface area contributed by atoms with E-state index in [4.69, 9.17) is 18.6 Å². The molecule has 7 nitrogen and oxygen atoms in total. The molecule has 0 N–H and O–H groups in total. The molecule has 0 aliphatic carbocycles. The van der Waals surface area contributed by atoms with Gasteiger partial charge in [0.05, 0.1) is 26.2 Å². The molecule has 3 aromatic rings. The number of hydrogen-bond donors (Lipinski definition) is 1. The number of ether oxygens (including phenoxy) is 3. The van der Waals surface area contributed by atoms with E-state index in [-0.39, 0.29) is 10.6 Å². The molecular formula is C24H24N2O5S2. The van der Waals surface area contributed by atoms with Crippen molar-refractivity contribution in [3.05, 3.63) is 65.0 Å². The summed E-state index contributed by atoms with van der Waals surface area (Å²) in [6.45, 7) is 0.545. The zero-order chi connectivity index (χ0) is 23.4. The molecule has 1 amide bonds. The number of amides is 1. The average molecular weight is 485 g/mol. The maximum atomic E-state index is 12.9. The minimum Gasteiger partial charge on any atom is -0.493 e. The summed E-state index contributed by atoms with van der Waals surface area (Å²) in [4.78, 5) is 19.6. The van der Waals surface area contributed by atoms with E-state index in [0.717, 1.165) is 11.3 Å². The van der Waals surface area contributed by atoms with Gasteiger partial charge in [0.25, 0.3) is 5.91 Å². The highest BCUT2D eigenvalue weighted by Crippen LogP contribution is 2.42. The van der Waals surface area contributed by atoms with Gasteiger partial charge < -0.3 is 23.5 Å². The number of carbonyl (C=O) groups is 1. The first-order valence-electron chi connectivity index (χ1n) is 10.2. The molecule has 0 spiro atoms. The molecule has 0 bridgehead atoms. The monoisotopic (exact) mass is 484 g/mol. The standard InChI is InChI=1S/C24H24N2O5S2/c1-28-19-12-15(13-20(29-2)22(19)30-3)18-8-7-17(31-18)14-21-23(27)26(24(32)33-21)11-9-16-6-4-5-10-25-16/h4-8,10,12-14,24,32H,9,11H2,1-3H3/b21-14-. The van der Waals surface area contributed by atoms with Crippen LogP contribution in [0.3, 0.4) is 0 Å². The number of hydrogen-bond acceptors (Lipinski definition) is 8. The van der Waals surface area contributed by atoms with Crippen LogP contribution in [0.15, 0.2) is 58.0 Å². The number of carbonyl (C=O) groups excluding carboxylic acids is 1. The Morgan fingerprint density at radius 1 is 1.12 bits per heavy atom. The summed E-state index contributed by atoms with van der Waals surface area (Å²) in [6.07, 6.45) is 4.17. The molecule has 33 heavy (non-hydrogen) atoms. The Labute approximate surface area is 202 Å². The first-order chi connectivity index (χ1) is 16.0. The minimum atomic E-state index is -0.253. The Hall–Kier alpha value is -3.04. The van der Waals surface area contributed by atoms with Crippen molar-refractivity contribution in [1.29, 1.82) is 0 Å². The largest absolute Gasteiger partial charge is 0.493 e. The highest BCUT2D eigenvalue weighted by molar-refractivity contribution is 8.14. The fourth-order valence-electron chi connectivity index (χ4n) is 3.50. The highest BCUT2D eigenvalue weighted by atomic mass is 32.2. The van der Waals surface area contributed by atoms with Crippen molar-refractivity contribution in [3.63, 3.8) is 0 Å². The molecule has 172 valence electrons. The van der Waals surface area contributed by atoms with Gasteiger partial charge in [-0.3, -0.25) is 9.78 Å². The van der Waals surface area contributed by atoms with Gasteiger partial charge in [-0.1, -0.05) is 17.8 Å². The molecule has 2 aromatic heterocycles. The predicted octanol–water partition coefficient (Wildman–Crippen LogP) is 4.74. The fourth-order valence-corrected chi connectivity index (χ4v) is 5.02. The molecule has 3 heterocycles. The van der Waals surface area contributed by atoms with E-state index in [1.807, 2.05) is 42.5 Å². The average Bonchev–Trinajstić information content (AvgIpc) is 3.41. The van der Waals surface area contributed by atoms with E-state index in [1.54, 1.807) is 38.5 Å². The summed E-state index contributed by atoms with van der Waals surface area (Å²) in [5.74, 6) is 2.70. The maximum absolute atomic E-state index is 12.9. The van der Waals surface area contributed by atoms with Crippen LogP contribution in [0, 0.1) is 0 Å². The number of furan rings is 1. The SMILES string of the molecule is COc1cc(-c2ccc(/C=C3\SC(S)N(CCc4ccccn4)C3=O)o2)cc(OC)c1OC. The van der Waals surface area contributed by atoms with Crippen LogP contribution in [0.4, 0.5) is 0 Å². The van der Waals surface area contributed by atoms with E-state index in [2.05, 4.69) is 17.6 Å². The van der Waals surface area contributed by atoms with Crippen molar-refractivity contribution in [1.82, 2.24) is 9.88 Å². The molecule has 1 aromatic carbocycles. The molecule has 1 aliphatic heterocycles. The second-order valence-electron chi connectivity index (χ2n) is 7.14. The lowest BCUT2D eigenvalue weighted by Gasteiger charge is -2.18. The quantitative estimate of drug-likeness (QED) is 0.366. The van der Waals surface area contributed by atoms with Crippen molar-refractivity contribution in [2.75, 3.05) is 27.9 Å². The van der Waals surface area contributed by atoms with Crippen molar-refractivity contribution >= 4 is 36.4 Å². The minimum absolute atomic E-state index is 0.0679. The molecule has 1 aliphatic rings. The lowest BCUT2D eigenvalue weighted by molar-refractivity contribution is -0.125. The lowest BCUT2D eigenvalue weighted by Crippen LogP contribution is -2.31. The number of nitrogens with zero attached hydrogens (tertiary/aromatic N) is 2. The molecule has 9 heteroatoms. The van der Waals surface area contributed by atoms with Gasteiger partial charge >= 0.3 is 0 Å². The third kappa shape index (κ3) is 4.99. The fraction of sp³-hybridized carbons (Fsp3) is 0.250. The van der Waals surface area contributed by atoms with Gasteiger partial charge in [-0.05, 0) is 36.4 Å². The van der Waals surface area contributed by atoms with Gasteiger partial charge in [0.2, 0.25) is 5.75 Å². The first-order valence-corrected chi connectivity index (χ1v) is 11.6. The Kier molecular flexibility index (Phi) is 7.20. The topological polar surface area (TPSA) is 74.0 Å². The highest BCUT2D eigenvalue weighted by Gasteiger charge is 2.34. The van der Waals surface area contributed by atoms with Gasteiger partial charge in [0, 0.05) is 36.5 Å². The zero-order valence-corrected chi connectivity index (χ0v) is 20.2. The number of pyridine rings is 1. The van der Waals surface area contributed by atoms with Crippen LogP contribution in [0.1, 0.15) is 11.5 Å². The Morgan fingerprint density at radius 2 is 1.88 bits per heavy atom. The zero-order valence-electron chi connectivity index (χ0n) is 18.5. The number of aromatic nitrogens is 1. The third-order valence-electron chi connectivity index (χ3n) is 5.16. The van der Waals surface area contributed by atoms with Crippen molar-refractivity contribution in [3.8, 4) is 28.6 Å². The Morgan fingerprint density at radius 3 is 2.52 bits per heavy atom. The summed E-state index contributed by atoms with van der Waals surface area (Å²) >= 11 is 5.98. The summed E-state index contributed by atoms with van der Waals surface area (Å²) < 4.78 is 22.0. The number of thioether (sulfide) groups is 1. The van der Waals surface area contributed by atoms with Crippen LogP contribution in [-0.4, -0.2) is 48.4 Å². The van der Waals surface area contributed by atoms with Crippen LogP contribution in [0.2, 0.25) is 0 Å². The van der Waals surface area contributed by atoms with E-state index in [1.165, 1.54) is 11.8 Å². The number of benzene rings is 1. The summed E-state index contributed by atoms with van der Waals surface area (Å²) in [6, 6.07) is 13.1. The molecule has 4 rings (SSSR count). The van der Waals surface area contributed by atoms with Gasteiger partial charge in [-0.2, -0.15) is 0 Å². The molecule has 1 fully saturated rings. The lowest BCUT2D eigenvalue weighted by atomic mass is 10.1. The second kappa shape index (κ2) is 10.3. The molecule has 0 saturated carbocycles. The second-order valence-corrected chi connectivity index (χ2v) is 9.10. The van der Waals surface area contributed by atoms with Gasteiger partial charge in [-0.15, -0.1) is 12.6 Å². The molecule has 0 radical (unpaired) electrons. The van der Waals surface area contributed by atoms with E-state index in [0.29, 0.717) is 46.6 Å². The van der Waals surface area contributed by atoms with E-state index < -0.39 is 0 Å². The normalized spacial score (nSPS) is 17.0. The Bertz CT molecular complexity index is 1140. The smallest absolute Gasteiger partial charge is 0.262 e. The number of thiol groups is 1. The van der Waals surface area contributed by atoms with Crippen LogP contribution >= 0.6 is 24.4 Å². The van der Waals surface area contributed by atoms with Crippen LogP contribution < -0.4 is 14.2 Å². The van der Waals surface area contributed by atoms with Gasteiger partial charge in [0.1, 0.15) is 16.2 Å². The maximum Gasteiger partial charge on any atom is 0.262 e. The summed E-state index contributed by atoms with van der Waals surface area (Å²) in [7, 11) is 4.69. The van der Waals surface area contributed by atoms with Crippen molar-refractivity contribution in [2.24, 2.45) is 0 Å². The molecule has 1 unspecified atom stereocenters. The molecular weight excluding hydrogens is 460 g/mol. The number of methoxy groups -OCH3 is 3. The molecule has 1 atom stereocenters.